The minimum absolute atomic E-state index is 0.671. The summed E-state index contributed by atoms with van der Waals surface area (Å²) in [4.78, 5) is 12.6. The first kappa shape index (κ1) is 30.8. The molecule has 0 atom stereocenters. The maximum absolute atomic E-state index is 6.64. The molecule has 7 aromatic carbocycles. The number of para-hydroxylation sites is 3. The van der Waals surface area contributed by atoms with Crippen molar-refractivity contribution in [2.75, 3.05) is 11.4 Å². The van der Waals surface area contributed by atoms with Crippen LogP contribution in [0.1, 0.15) is 16.7 Å². The van der Waals surface area contributed by atoms with Crippen LogP contribution in [0, 0.1) is 0 Å². The van der Waals surface area contributed by atoms with E-state index < -0.39 is 0 Å². The lowest BCUT2D eigenvalue weighted by molar-refractivity contribution is 0.481. The lowest BCUT2D eigenvalue weighted by Gasteiger charge is -2.36. The van der Waals surface area contributed by atoms with Crippen molar-refractivity contribution in [2.24, 2.45) is 0 Å². The third kappa shape index (κ3) is 5.49. The maximum atomic E-state index is 6.64. The van der Waals surface area contributed by atoms with Crippen molar-refractivity contribution in [1.82, 2.24) is 9.97 Å². The van der Waals surface area contributed by atoms with Crippen LogP contribution in [0.2, 0.25) is 0 Å². The fraction of sp³-hybridized carbons (Fsp3) is 0.0204. The Labute approximate surface area is 309 Å². The monoisotopic (exact) mass is 679 g/mol. The van der Waals surface area contributed by atoms with Gasteiger partial charge >= 0.3 is 0 Å². The fourth-order valence-electron chi connectivity index (χ4n) is 7.68. The highest BCUT2D eigenvalue weighted by Gasteiger charge is 2.33. The van der Waals surface area contributed by atoms with Gasteiger partial charge in [0.1, 0.15) is 11.5 Å². The van der Waals surface area contributed by atoms with Crippen LogP contribution >= 0.6 is 0 Å². The Kier molecular flexibility index (Phi) is 7.51. The Balaban J connectivity index is 1.14. The van der Waals surface area contributed by atoms with Crippen LogP contribution < -0.4 is 9.64 Å². The number of aromatic nitrogens is 2. The standard InChI is InChI=1S/C49H33N3O/c1-4-15-33(16-5-1)38-23-14-24-41-47-40-22-11-13-26-46(40)53-45-25-12-10-21-39(45)42(47)32-52(48(38)41)37-29-27-35(28-30-37)44-31-43(34-17-6-2-7-18-34)50-49(51-44)36-19-8-3-9-20-36/h1-31H,32H2. The van der Waals surface area contributed by atoms with E-state index in [0.29, 0.717) is 12.4 Å². The zero-order valence-electron chi connectivity index (χ0n) is 28.9. The van der Waals surface area contributed by atoms with E-state index in [1.54, 1.807) is 0 Å². The number of ether oxygens (including phenoxy) is 1. The molecule has 0 amide bonds. The van der Waals surface area contributed by atoms with Crippen LogP contribution in [0.5, 0.6) is 11.5 Å². The molecule has 0 spiro atoms. The number of nitrogens with zero attached hydrogens (tertiary/aromatic N) is 3. The first-order valence-corrected chi connectivity index (χ1v) is 17.9. The number of anilines is 2. The molecule has 0 radical (unpaired) electrons. The van der Waals surface area contributed by atoms with Gasteiger partial charge in [0.15, 0.2) is 5.82 Å². The van der Waals surface area contributed by atoms with Crippen LogP contribution in [0.3, 0.4) is 0 Å². The van der Waals surface area contributed by atoms with Crippen LogP contribution in [0.15, 0.2) is 188 Å². The largest absolute Gasteiger partial charge is 0.456 e. The maximum Gasteiger partial charge on any atom is 0.160 e. The summed E-state index contributed by atoms with van der Waals surface area (Å²) in [6.07, 6.45) is 0. The Hall–Kier alpha value is -7.04. The normalized spacial score (nSPS) is 12.9. The highest BCUT2D eigenvalue weighted by molar-refractivity contribution is 6.11. The Morgan fingerprint density at radius 3 is 1.60 bits per heavy atom. The molecule has 250 valence electrons. The smallest absolute Gasteiger partial charge is 0.160 e. The number of rotatable bonds is 5. The number of hydrogen-bond donors (Lipinski definition) is 0. The third-order valence-electron chi connectivity index (χ3n) is 10.2. The molecule has 2 aliphatic rings. The summed E-state index contributed by atoms with van der Waals surface area (Å²) < 4.78 is 6.64. The molecule has 2 aliphatic heterocycles. The van der Waals surface area contributed by atoms with Crippen LogP contribution in [-0.2, 0) is 0 Å². The van der Waals surface area contributed by atoms with Gasteiger partial charge in [-0.1, -0.05) is 158 Å². The molecule has 0 unspecified atom stereocenters. The van der Waals surface area contributed by atoms with E-state index in [2.05, 4.69) is 144 Å². The second-order valence-electron chi connectivity index (χ2n) is 13.3. The van der Waals surface area contributed by atoms with Gasteiger partial charge in [-0.15, -0.1) is 0 Å². The van der Waals surface area contributed by atoms with E-state index in [4.69, 9.17) is 14.7 Å². The van der Waals surface area contributed by atoms with Crippen LogP contribution in [-0.4, -0.2) is 16.5 Å². The summed E-state index contributed by atoms with van der Waals surface area (Å²) in [6.45, 7) is 0.671. The van der Waals surface area contributed by atoms with Crippen LogP contribution in [0.4, 0.5) is 11.4 Å². The molecule has 3 heterocycles. The second-order valence-corrected chi connectivity index (χ2v) is 13.3. The molecule has 1 aromatic heterocycles. The van der Waals surface area contributed by atoms with Crippen LogP contribution in [0.25, 0.3) is 56.2 Å². The molecule has 0 saturated carbocycles. The molecule has 0 saturated heterocycles. The Morgan fingerprint density at radius 2 is 0.925 bits per heavy atom. The van der Waals surface area contributed by atoms with Crippen molar-refractivity contribution in [2.45, 2.75) is 0 Å². The highest BCUT2D eigenvalue weighted by atomic mass is 16.5. The number of fused-ring (bicyclic) bond motifs is 6. The minimum atomic E-state index is 0.671. The summed E-state index contributed by atoms with van der Waals surface area (Å²) in [5, 5.41) is 0. The van der Waals surface area contributed by atoms with Crippen molar-refractivity contribution >= 4 is 22.5 Å². The zero-order chi connectivity index (χ0) is 35.1. The summed E-state index contributed by atoms with van der Waals surface area (Å²) in [6, 6.07) is 65.7. The van der Waals surface area contributed by atoms with Gasteiger partial charge in [-0.2, -0.15) is 0 Å². The average Bonchev–Trinajstić information content (AvgIpc) is 3.38. The van der Waals surface area contributed by atoms with Crippen molar-refractivity contribution in [3.05, 3.63) is 205 Å². The predicted octanol–water partition coefficient (Wildman–Crippen LogP) is 12.4. The molecule has 4 heteroatoms. The molecule has 8 aromatic rings. The third-order valence-corrected chi connectivity index (χ3v) is 10.2. The van der Waals surface area contributed by atoms with E-state index in [9.17, 15) is 0 Å². The van der Waals surface area contributed by atoms with Gasteiger partial charge in [0.2, 0.25) is 0 Å². The van der Waals surface area contributed by atoms with Crippen molar-refractivity contribution in [3.63, 3.8) is 0 Å². The lowest BCUT2D eigenvalue weighted by atomic mass is 9.83. The van der Waals surface area contributed by atoms with Gasteiger partial charge in [-0.25, -0.2) is 9.97 Å². The van der Waals surface area contributed by atoms with E-state index in [0.717, 1.165) is 56.4 Å². The summed E-state index contributed by atoms with van der Waals surface area (Å²) >= 11 is 0. The van der Waals surface area contributed by atoms with Gasteiger partial charge in [-0.3, -0.25) is 0 Å². The topological polar surface area (TPSA) is 38.2 Å². The highest BCUT2D eigenvalue weighted by Crippen LogP contribution is 2.53. The first-order valence-electron chi connectivity index (χ1n) is 17.9. The van der Waals surface area contributed by atoms with E-state index in [1.807, 2.05) is 48.5 Å². The molecule has 0 bridgehead atoms. The van der Waals surface area contributed by atoms with Gasteiger partial charge in [0.25, 0.3) is 0 Å². The molecular weight excluding hydrogens is 647 g/mol. The second kappa shape index (κ2) is 12.9. The van der Waals surface area contributed by atoms with Crippen molar-refractivity contribution < 1.29 is 4.74 Å². The molecular formula is C49H33N3O. The molecule has 0 aliphatic carbocycles. The summed E-state index contributed by atoms with van der Waals surface area (Å²) in [7, 11) is 0. The van der Waals surface area contributed by atoms with Gasteiger partial charge in [0, 0.05) is 56.7 Å². The molecule has 53 heavy (non-hydrogen) atoms. The van der Waals surface area contributed by atoms with Gasteiger partial charge < -0.3 is 9.64 Å². The van der Waals surface area contributed by atoms with Gasteiger partial charge in [0.05, 0.1) is 17.1 Å². The first-order chi connectivity index (χ1) is 26.3. The fourth-order valence-corrected chi connectivity index (χ4v) is 7.68. The zero-order valence-corrected chi connectivity index (χ0v) is 28.9. The molecule has 0 N–H and O–H groups in total. The SMILES string of the molecule is c1ccc(-c2cc(-c3ccc(N4CC5=C(c6ccccc6Oc6ccccc65)c5cccc(-c6ccccc6)c54)cc3)nc(-c3ccccc3)n2)cc1. The Morgan fingerprint density at radius 1 is 0.415 bits per heavy atom. The minimum Gasteiger partial charge on any atom is -0.456 e. The van der Waals surface area contributed by atoms with E-state index in [-0.39, 0.29) is 0 Å². The lowest BCUT2D eigenvalue weighted by Crippen LogP contribution is -2.26. The average molecular weight is 680 g/mol. The Bertz CT molecular complexity index is 2590. The van der Waals surface area contributed by atoms with E-state index >= 15 is 0 Å². The molecule has 4 nitrogen and oxygen atoms in total. The van der Waals surface area contributed by atoms with Crippen molar-refractivity contribution in [1.29, 1.82) is 0 Å². The molecule has 10 rings (SSSR count). The summed E-state index contributed by atoms with van der Waals surface area (Å²) in [5.41, 5.74) is 15.3. The van der Waals surface area contributed by atoms with E-state index in [1.165, 1.54) is 33.5 Å². The summed E-state index contributed by atoms with van der Waals surface area (Å²) in [5.74, 6) is 2.45. The predicted molar refractivity (Wildman–Crippen MR) is 216 cm³/mol. The number of hydrogen-bond acceptors (Lipinski definition) is 4. The number of benzene rings is 7. The van der Waals surface area contributed by atoms with Crippen molar-refractivity contribution in [3.8, 4) is 56.5 Å². The molecule has 0 fully saturated rings. The van der Waals surface area contributed by atoms with Gasteiger partial charge in [-0.05, 0) is 41.5 Å². The quantitative estimate of drug-likeness (QED) is 0.181.